The van der Waals surface area contributed by atoms with Crippen molar-refractivity contribution in [3.8, 4) is 0 Å². The van der Waals surface area contributed by atoms with Crippen molar-refractivity contribution in [2.75, 3.05) is 0 Å². The quantitative estimate of drug-likeness (QED) is 0.845. The highest BCUT2D eigenvalue weighted by atomic mass is 32.2. The van der Waals surface area contributed by atoms with Gasteiger partial charge in [0.1, 0.15) is 5.25 Å². The Kier molecular flexibility index (Phi) is 3.10. The average Bonchev–Trinajstić information content (AvgIpc) is 2.61. The number of benzene rings is 1. The zero-order valence-electron chi connectivity index (χ0n) is 9.44. The topological polar surface area (TPSA) is 96.2 Å². The van der Waals surface area contributed by atoms with Crippen LogP contribution in [0.5, 0.6) is 0 Å². The molecular weight excluding hydrogens is 256 g/mol. The van der Waals surface area contributed by atoms with E-state index in [1.165, 1.54) is 19.1 Å². The van der Waals surface area contributed by atoms with Crippen molar-refractivity contribution < 1.29 is 17.8 Å². The van der Waals surface area contributed by atoms with Gasteiger partial charge in [0, 0.05) is 0 Å². The van der Waals surface area contributed by atoms with E-state index in [1.807, 2.05) is 0 Å². The van der Waals surface area contributed by atoms with Crippen LogP contribution < -0.4 is 0 Å². The lowest BCUT2D eigenvalue weighted by atomic mass is 10.0. The van der Waals surface area contributed by atoms with Crippen LogP contribution in [0.15, 0.2) is 51.8 Å². The third-order valence-electron chi connectivity index (χ3n) is 2.57. The molecule has 0 saturated heterocycles. The number of carbonyl (C=O) groups is 1. The Hall–Kier alpha value is -1.86. The number of hydrogen-bond acceptors (Lipinski definition) is 4. The molecule has 7 heteroatoms. The van der Waals surface area contributed by atoms with Gasteiger partial charge in [0.25, 0.3) is 16.0 Å². The second-order valence-electron chi connectivity index (χ2n) is 3.81. The van der Waals surface area contributed by atoms with Crippen LogP contribution in [-0.4, -0.2) is 18.9 Å². The fraction of sp³-hybridized carbons (Fsp3) is 0.182. The maximum atomic E-state index is 11.6. The minimum Gasteiger partial charge on any atom is -0.285 e. The monoisotopic (exact) mass is 266 g/mol. The summed E-state index contributed by atoms with van der Waals surface area (Å²) in [6.45, 7) is 1.48. The number of allylic oxidation sites excluding steroid dienone is 1. The summed E-state index contributed by atoms with van der Waals surface area (Å²) >= 11 is 0. The Balaban J connectivity index is 2.61. The van der Waals surface area contributed by atoms with Crippen molar-refractivity contribution in [1.29, 1.82) is 0 Å². The smallest absolute Gasteiger partial charge is 0.285 e. The zero-order valence-corrected chi connectivity index (χ0v) is 10.3. The average molecular weight is 266 g/mol. The van der Waals surface area contributed by atoms with Crippen molar-refractivity contribution in [2.24, 2.45) is 10.2 Å². The van der Waals surface area contributed by atoms with Gasteiger partial charge in [-0.1, -0.05) is 30.3 Å². The predicted molar refractivity (Wildman–Crippen MR) is 63.3 cm³/mol. The minimum absolute atomic E-state index is 0.108. The van der Waals surface area contributed by atoms with E-state index in [9.17, 15) is 17.8 Å². The molecule has 0 fully saturated rings. The molecule has 18 heavy (non-hydrogen) atoms. The number of rotatable bonds is 3. The first-order valence-corrected chi connectivity index (χ1v) is 6.59. The van der Waals surface area contributed by atoms with Gasteiger partial charge >= 0.3 is 0 Å². The zero-order chi connectivity index (χ0) is 13.3. The summed E-state index contributed by atoms with van der Waals surface area (Å²) in [6, 6.07) is 7.99. The molecule has 0 aromatic heterocycles. The minimum atomic E-state index is -4.47. The summed E-state index contributed by atoms with van der Waals surface area (Å²) in [4.78, 5) is 11.6. The van der Waals surface area contributed by atoms with E-state index in [0.29, 0.717) is 5.56 Å². The highest BCUT2D eigenvalue weighted by Gasteiger charge is 2.37. The molecule has 1 amide bonds. The standard InChI is InChI=1S/C11H10N2O4S/c1-7-9(11(14)13-12-7)10(18(15,16)17)8-5-3-2-4-6-8/h2-6,10H,1H3,(H,15,16,17). The van der Waals surface area contributed by atoms with Gasteiger partial charge in [-0.2, -0.15) is 13.5 Å². The van der Waals surface area contributed by atoms with Crippen molar-refractivity contribution in [3.05, 3.63) is 47.2 Å². The predicted octanol–water partition coefficient (Wildman–Crippen LogP) is 1.88. The Morgan fingerprint density at radius 3 is 2.22 bits per heavy atom. The molecule has 0 spiro atoms. The second-order valence-corrected chi connectivity index (χ2v) is 5.31. The summed E-state index contributed by atoms with van der Waals surface area (Å²) in [5, 5.41) is 5.39. The largest absolute Gasteiger partial charge is 0.295 e. The molecule has 6 nitrogen and oxygen atoms in total. The molecule has 0 saturated carbocycles. The van der Waals surface area contributed by atoms with Crippen LogP contribution >= 0.6 is 0 Å². The summed E-state index contributed by atoms with van der Waals surface area (Å²) in [6.07, 6.45) is 0. The molecule has 2 rings (SSSR count). The number of hydrogen-bond donors (Lipinski definition) is 1. The number of azo groups is 1. The molecule has 1 atom stereocenters. The molecule has 1 aromatic rings. The first-order valence-electron chi connectivity index (χ1n) is 5.09. The number of carbonyl (C=O) groups excluding carboxylic acids is 1. The van der Waals surface area contributed by atoms with E-state index in [4.69, 9.17) is 0 Å². The lowest BCUT2D eigenvalue weighted by molar-refractivity contribution is -0.114. The van der Waals surface area contributed by atoms with Crippen molar-refractivity contribution in [1.82, 2.24) is 0 Å². The van der Waals surface area contributed by atoms with Crippen LogP contribution in [0.2, 0.25) is 0 Å². The fourth-order valence-corrected chi connectivity index (χ4v) is 2.87. The molecule has 0 aliphatic carbocycles. The molecule has 0 bridgehead atoms. The normalized spacial score (nSPS) is 17.3. The molecule has 1 aliphatic rings. The number of nitrogens with zero attached hydrogens (tertiary/aromatic N) is 2. The SMILES string of the molecule is CC1=C(C(c2ccccc2)S(=O)(=O)O)C(=O)N=N1. The maximum absolute atomic E-state index is 11.6. The van der Waals surface area contributed by atoms with Crippen LogP contribution in [0.1, 0.15) is 17.7 Å². The molecule has 1 aliphatic heterocycles. The van der Waals surface area contributed by atoms with E-state index in [0.717, 1.165) is 0 Å². The first-order chi connectivity index (χ1) is 8.41. The van der Waals surface area contributed by atoms with Gasteiger partial charge in [-0.05, 0) is 12.5 Å². The van der Waals surface area contributed by atoms with Crippen LogP contribution in [0.4, 0.5) is 0 Å². The Labute approximate surface area is 104 Å². The van der Waals surface area contributed by atoms with E-state index >= 15 is 0 Å². The second kappa shape index (κ2) is 4.43. The van der Waals surface area contributed by atoms with E-state index in [2.05, 4.69) is 10.2 Å². The van der Waals surface area contributed by atoms with Gasteiger partial charge < -0.3 is 0 Å². The first kappa shape index (κ1) is 12.6. The highest BCUT2D eigenvalue weighted by Crippen LogP contribution is 2.35. The van der Waals surface area contributed by atoms with Crippen LogP contribution in [0, 0.1) is 0 Å². The molecular formula is C11H10N2O4S. The molecule has 1 aromatic carbocycles. The van der Waals surface area contributed by atoms with Gasteiger partial charge in [0.15, 0.2) is 0 Å². The van der Waals surface area contributed by atoms with Gasteiger partial charge in [-0.3, -0.25) is 9.35 Å². The number of amides is 1. The summed E-state index contributed by atoms with van der Waals surface area (Å²) in [7, 11) is -4.47. The molecule has 1 unspecified atom stereocenters. The van der Waals surface area contributed by atoms with Gasteiger partial charge in [0.2, 0.25) is 0 Å². The van der Waals surface area contributed by atoms with Crippen molar-refractivity contribution in [2.45, 2.75) is 12.2 Å². The van der Waals surface area contributed by atoms with Crippen molar-refractivity contribution in [3.63, 3.8) is 0 Å². The lowest BCUT2D eigenvalue weighted by Crippen LogP contribution is -2.18. The molecule has 1 N–H and O–H groups in total. The molecule has 94 valence electrons. The maximum Gasteiger partial charge on any atom is 0.295 e. The summed E-state index contributed by atoms with van der Waals surface area (Å²) in [5.74, 6) is -0.737. The molecule has 1 heterocycles. The van der Waals surface area contributed by atoms with Crippen LogP contribution in [0.25, 0.3) is 0 Å². The van der Waals surface area contributed by atoms with Gasteiger partial charge in [0.05, 0.1) is 11.3 Å². The Bertz CT molecular complexity index is 647. The van der Waals surface area contributed by atoms with Gasteiger partial charge in [-0.15, -0.1) is 5.11 Å². The van der Waals surface area contributed by atoms with Gasteiger partial charge in [-0.25, -0.2) is 0 Å². The molecule has 0 radical (unpaired) electrons. The third-order valence-corrected chi connectivity index (χ3v) is 3.68. The Morgan fingerprint density at radius 1 is 1.17 bits per heavy atom. The highest BCUT2D eigenvalue weighted by molar-refractivity contribution is 7.86. The third kappa shape index (κ3) is 2.22. The summed E-state index contributed by atoms with van der Waals surface area (Å²) < 4.78 is 32.3. The van der Waals surface area contributed by atoms with Crippen molar-refractivity contribution >= 4 is 16.0 Å². The summed E-state index contributed by atoms with van der Waals surface area (Å²) in [5.41, 5.74) is 0.394. The van der Waals surface area contributed by atoms with E-state index in [1.54, 1.807) is 18.2 Å². The van der Waals surface area contributed by atoms with E-state index in [-0.39, 0.29) is 11.3 Å². The van der Waals surface area contributed by atoms with Crippen LogP contribution in [0.3, 0.4) is 0 Å². The Morgan fingerprint density at radius 2 is 1.78 bits per heavy atom. The van der Waals surface area contributed by atoms with E-state index < -0.39 is 21.3 Å². The lowest BCUT2D eigenvalue weighted by Gasteiger charge is -2.14. The fourth-order valence-electron chi connectivity index (χ4n) is 1.80. The van der Waals surface area contributed by atoms with Crippen LogP contribution in [-0.2, 0) is 14.9 Å².